The minimum Gasteiger partial charge on any atom is -0.508 e. The normalized spacial score (nSPS) is 13.0. The molecule has 0 fully saturated rings. The molecule has 0 saturated heterocycles. The van der Waals surface area contributed by atoms with Gasteiger partial charge >= 0.3 is 5.97 Å². The number of esters is 1. The first-order chi connectivity index (χ1) is 13.3. The van der Waals surface area contributed by atoms with Gasteiger partial charge in [-0.15, -0.1) is 0 Å². The Hall–Kier alpha value is -2.82. The zero-order valence-corrected chi connectivity index (χ0v) is 16.9. The Morgan fingerprint density at radius 2 is 1.46 bits per heavy atom. The largest absolute Gasteiger partial charge is 0.508 e. The predicted octanol–water partition coefficient (Wildman–Crippen LogP) is 3.59. The third-order valence-electron chi connectivity index (χ3n) is 4.70. The Morgan fingerprint density at radius 1 is 0.929 bits per heavy atom. The number of nitrogens with one attached hydrogen (secondary N) is 1. The lowest BCUT2D eigenvalue weighted by atomic mass is 9.95. The third kappa shape index (κ3) is 6.12. The number of rotatable bonds is 8. The minimum atomic E-state index is -0.787. The van der Waals surface area contributed by atoms with Crippen LogP contribution in [-0.4, -0.2) is 30.1 Å². The fraction of sp³-hybridized carbons (Fsp3) is 0.391. The van der Waals surface area contributed by atoms with Gasteiger partial charge in [0.15, 0.2) is 0 Å². The second-order valence-electron chi connectivity index (χ2n) is 7.52. The summed E-state index contributed by atoms with van der Waals surface area (Å²) in [6.07, 6.45) is 1.29. The molecule has 0 aromatic heterocycles. The summed E-state index contributed by atoms with van der Waals surface area (Å²) in [4.78, 5) is 24.9. The Labute approximate surface area is 166 Å². The first-order valence-electron chi connectivity index (χ1n) is 9.55. The van der Waals surface area contributed by atoms with Gasteiger partial charge in [-0.25, -0.2) is 4.79 Å². The number of hydrogen-bond donors (Lipinski definition) is 2. The van der Waals surface area contributed by atoms with Gasteiger partial charge in [-0.05, 0) is 48.1 Å². The smallest absolute Gasteiger partial charge is 0.328 e. The average Bonchev–Trinajstić information content (AvgIpc) is 2.68. The lowest BCUT2D eigenvalue weighted by molar-refractivity contribution is -0.145. The SMILES string of the molecule is COC(=O)C(Cc1ccc(O)cc1)NC(=O)[C@@H](C)c1ccc(CC(C)C)cc1. The van der Waals surface area contributed by atoms with Crippen LogP contribution < -0.4 is 5.32 Å². The molecule has 2 N–H and O–H groups in total. The molecule has 1 amide bonds. The van der Waals surface area contributed by atoms with Crippen molar-refractivity contribution in [1.29, 1.82) is 0 Å². The van der Waals surface area contributed by atoms with Crippen molar-refractivity contribution in [2.75, 3.05) is 7.11 Å². The van der Waals surface area contributed by atoms with E-state index >= 15 is 0 Å². The number of ether oxygens (including phenoxy) is 1. The van der Waals surface area contributed by atoms with Crippen molar-refractivity contribution >= 4 is 11.9 Å². The minimum absolute atomic E-state index is 0.150. The molecule has 5 heteroatoms. The van der Waals surface area contributed by atoms with E-state index < -0.39 is 12.0 Å². The number of methoxy groups -OCH3 is 1. The Balaban J connectivity index is 2.07. The van der Waals surface area contributed by atoms with Crippen LogP contribution in [0.5, 0.6) is 5.75 Å². The Kier molecular flexibility index (Phi) is 7.61. The van der Waals surface area contributed by atoms with Crippen LogP contribution >= 0.6 is 0 Å². The van der Waals surface area contributed by atoms with Crippen molar-refractivity contribution in [3.8, 4) is 5.75 Å². The summed E-state index contributed by atoms with van der Waals surface area (Å²) in [5.41, 5.74) is 2.96. The van der Waals surface area contributed by atoms with Gasteiger partial charge in [0.1, 0.15) is 11.8 Å². The first kappa shape index (κ1) is 21.5. The summed E-state index contributed by atoms with van der Waals surface area (Å²) in [7, 11) is 1.30. The molecule has 150 valence electrons. The van der Waals surface area contributed by atoms with Crippen molar-refractivity contribution in [1.82, 2.24) is 5.32 Å². The number of hydrogen-bond acceptors (Lipinski definition) is 4. The highest BCUT2D eigenvalue weighted by molar-refractivity contribution is 5.88. The second kappa shape index (κ2) is 9.93. The highest BCUT2D eigenvalue weighted by atomic mass is 16.5. The molecule has 0 heterocycles. The van der Waals surface area contributed by atoms with E-state index in [0.29, 0.717) is 12.3 Å². The van der Waals surface area contributed by atoms with Crippen molar-refractivity contribution < 1.29 is 19.4 Å². The zero-order valence-electron chi connectivity index (χ0n) is 16.9. The molecule has 2 aromatic rings. The number of phenolic OH excluding ortho intramolecular Hbond substituents is 1. The number of carbonyl (C=O) groups is 2. The summed E-state index contributed by atoms with van der Waals surface area (Å²) >= 11 is 0. The van der Waals surface area contributed by atoms with E-state index in [1.807, 2.05) is 31.2 Å². The number of phenols is 1. The van der Waals surface area contributed by atoms with Crippen LogP contribution in [0.4, 0.5) is 0 Å². The van der Waals surface area contributed by atoms with E-state index in [0.717, 1.165) is 17.5 Å². The molecule has 0 spiro atoms. The van der Waals surface area contributed by atoms with Crippen LogP contribution in [0, 0.1) is 5.92 Å². The number of aromatic hydroxyl groups is 1. The van der Waals surface area contributed by atoms with Gasteiger partial charge in [0.05, 0.1) is 13.0 Å². The number of benzene rings is 2. The van der Waals surface area contributed by atoms with Gasteiger partial charge in [-0.3, -0.25) is 4.79 Å². The van der Waals surface area contributed by atoms with Crippen LogP contribution in [0.3, 0.4) is 0 Å². The monoisotopic (exact) mass is 383 g/mol. The van der Waals surface area contributed by atoms with Crippen molar-refractivity contribution in [3.63, 3.8) is 0 Å². The van der Waals surface area contributed by atoms with E-state index in [1.54, 1.807) is 24.3 Å². The molecule has 0 aliphatic rings. The van der Waals surface area contributed by atoms with Gasteiger partial charge in [0.25, 0.3) is 0 Å². The predicted molar refractivity (Wildman–Crippen MR) is 109 cm³/mol. The van der Waals surface area contributed by atoms with E-state index in [-0.39, 0.29) is 17.6 Å². The lowest BCUT2D eigenvalue weighted by Gasteiger charge is -2.20. The molecule has 28 heavy (non-hydrogen) atoms. The topological polar surface area (TPSA) is 75.6 Å². The highest BCUT2D eigenvalue weighted by Gasteiger charge is 2.25. The van der Waals surface area contributed by atoms with Crippen LogP contribution in [-0.2, 0) is 27.2 Å². The highest BCUT2D eigenvalue weighted by Crippen LogP contribution is 2.19. The van der Waals surface area contributed by atoms with E-state index in [4.69, 9.17) is 4.74 Å². The van der Waals surface area contributed by atoms with Crippen molar-refractivity contribution in [3.05, 3.63) is 65.2 Å². The molecule has 0 radical (unpaired) electrons. The molecule has 0 saturated carbocycles. The molecular weight excluding hydrogens is 354 g/mol. The molecule has 0 aliphatic heterocycles. The molecule has 5 nitrogen and oxygen atoms in total. The van der Waals surface area contributed by atoms with E-state index in [9.17, 15) is 14.7 Å². The summed E-state index contributed by atoms with van der Waals surface area (Å²) in [6, 6.07) is 13.8. The zero-order chi connectivity index (χ0) is 20.7. The second-order valence-corrected chi connectivity index (χ2v) is 7.52. The van der Waals surface area contributed by atoms with Crippen LogP contribution in [0.15, 0.2) is 48.5 Å². The van der Waals surface area contributed by atoms with Gasteiger partial charge < -0.3 is 15.2 Å². The quantitative estimate of drug-likeness (QED) is 0.683. The average molecular weight is 383 g/mol. The molecular formula is C23H29NO4. The maximum atomic E-state index is 12.7. The number of carbonyl (C=O) groups excluding carboxylic acids is 2. The maximum absolute atomic E-state index is 12.7. The summed E-state index contributed by atoms with van der Waals surface area (Å²) < 4.78 is 4.84. The van der Waals surface area contributed by atoms with Crippen molar-refractivity contribution in [2.45, 2.75) is 45.6 Å². The summed E-state index contributed by atoms with van der Waals surface area (Å²) in [5.74, 6) is -0.393. The molecule has 1 unspecified atom stereocenters. The van der Waals surface area contributed by atoms with Crippen LogP contribution in [0.2, 0.25) is 0 Å². The lowest BCUT2D eigenvalue weighted by Crippen LogP contribution is -2.44. The molecule has 2 atom stereocenters. The van der Waals surface area contributed by atoms with Gasteiger partial charge in [-0.1, -0.05) is 50.2 Å². The first-order valence-corrected chi connectivity index (χ1v) is 9.55. The summed E-state index contributed by atoms with van der Waals surface area (Å²) in [6.45, 7) is 6.16. The molecule has 0 bridgehead atoms. The van der Waals surface area contributed by atoms with Gasteiger partial charge in [0, 0.05) is 6.42 Å². The molecule has 0 aliphatic carbocycles. The van der Waals surface area contributed by atoms with E-state index in [2.05, 4.69) is 19.2 Å². The number of amides is 1. The maximum Gasteiger partial charge on any atom is 0.328 e. The molecule has 2 aromatic carbocycles. The van der Waals surface area contributed by atoms with E-state index in [1.165, 1.54) is 12.7 Å². The Bertz CT molecular complexity index is 781. The standard InChI is InChI=1S/C23H29NO4/c1-15(2)13-17-5-9-19(10-6-17)16(3)22(26)24-21(23(27)28-4)14-18-7-11-20(25)12-8-18/h5-12,15-16,21,25H,13-14H2,1-4H3,(H,24,26)/t16-,21?/m0/s1. The summed E-state index contributed by atoms with van der Waals surface area (Å²) in [5, 5.41) is 12.2. The van der Waals surface area contributed by atoms with Crippen molar-refractivity contribution in [2.24, 2.45) is 5.92 Å². The van der Waals surface area contributed by atoms with Crippen LogP contribution in [0.1, 0.15) is 43.4 Å². The van der Waals surface area contributed by atoms with Crippen LogP contribution in [0.25, 0.3) is 0 Å². The fourth-order valence-electron chi connectivity index (χ4n) is 3.07. The van der Waals surface area contributed by atoms with Gasteiger partial charge in [-0.2, -0.15) is 0 Å². The third-order valence-corrected chi connectivity index (χ3v) is 4.70. The molecule has 2 rings (SSSR count). The Morgan fingerprint density at radius 3 is 2.00 bits per heavy atom. The van der Waals surface area contributed by atoms with Gasteiger partial charge in [0.2, 0.25) is 5.91 Å². The fourth-order valence-corrected chi connectivity index (χ4v) is 3.07.